The summed E-state index contributed by atoms with van der Waals surface area (Å²) >= 11 is 0. The quantitative estimate of drug-likeness (QED) is 0.857. The number of nitrogens with zero attached hydrogens (tertiary/aromatic N) is 1. The Morgan fingerprint density at radius 3 is 2.85 bits per heavy atom. The lowest BCUT2D eigenvalue weighted by Crippen LogP contribution is -2.54. The number of hydrogen-bond acceptors (Lipinski definition) is 3. The molecule has 3 heteroatoms. The Kier molecular flexibility index (Phi) is 5.28. The average Bonchev–Trinajstić information content (AvgIpc) is 2.93. The Morgan fingerprint density at radius 2 is 2.30 bits per heavy atom. The molecule has 3 unspecified atom stereocenters. The first-order valence-corrected chi connectivity index (χ1v) is 8.01. The molecule has 0 amide bonds. The van der Waals surface area contributed by atoms with Crippen LogP contribution in [0.4, 0.5) is 0 Å². The van der Waals surface area contributed by atoms with E-state index in [0.717, 1.165) is 24.6 Å². The third kappa shape index (κ3) is 3.44. The molecule has 3 nitrogen and oxygen atoms in total. The summed E-state index contributed by atoms with van der Waals surface area (Å²) in [7, 11) is 4.46. The minimum atomic E-state index is 0.303. The molecule has 3 atom stereocenters. The van der Waals surface area contributed by atoms with Gasteiger partial charge in [0.15, 0.2) is 0 Å². The molecule has 0 spiro atoms. The maximum atomic E-state index is 5.56. The van der Waals surface area contributed by atoms with Gasteiger partial charge in [0.25, 0.3) is 0 Å². The van der Waals surface area contributed by atoms with E-state index >= 15 is 0 Å². The Bertz CT molecular complexity index is 388. The van der Waals surface area contributed by atoms with E-state index < -0.39 is 0 Å². The summed E-state index contributed by atoms with van der Waals surface area (Å²) in [4.78, 5) is 2.44. The minimum Gasteiger partial charge on any atom is -0.468 e. The van der Waals surface area contributed by atoms with Crippen LogP contribution >= 0.6 is 0 Å². The van der Waals surface area contributed by atoms with E-state index in [-0.39, 0.29) is 0 Å². The number of furan rings is 1. The van der Waals surface area contributed by atoms with E-state index in [1.165, 1.54) is 25.7 Å². The predicted molar refractivity (Wildman–Crippen MR) is 83.8 cm³/mol. The van der Waals surface area contributed by atoms with Gasteiger partial charge in [-0.05, 0) is 51.4 Å². The van der Waals surface area contributed by atoms with E-state index in [4.69, 9.17) is 4.42 Å². The van der Waals surface area contributed by atoms with Gasteiger partial charge in [0, 0.05) is 12.1 Å². The Morgan fingerprint density at radius 1 is 1.50 bits per heavy atom. The minimum absolute atomic E-state index is 0.303. The molecule has 0 saturated heterocycles. The van der Waals surface area contributed by atoms with Gasteiger partial charge in [-0.15, -0.1) is 0 Å². The molecule has 1 fully saturated rings. The first kappa shape index (κ1) is 15.6. The maximum Gasteiger partial charge on any atom is 0.120 e. The summed E-state index contributed by atoms with van der Waals surface area (Å²) < 4.78 is 5.56. The molecule has 1 aromatic rings. The van der Waals surface area contributed by atoms with Gasteiger partial charge in [-0.1, -0.05) is 26.7 Å². The molecule has 0 aliphatic heterocycles. The molecule has 0 radical (unpaired) electrons. The van der Waals surface area contributed by atoms with Crippen LogP contribution in [0.2, 0.25) is 0 Å². The molecular formula is C17H30N2O. The summed E-state index contributed by atoms with van der Waals surface area (Å²) in [6, 6.07) is 4.39. The topological polar surface area (TPSA) is 28.4 Å². The molecule has 20 heavy (non-hydrogen) atoms. The lowest BCUT2D eigenvalue weighted by molar-refractivity contribution is 0.0712. The van der Waals surface area contributed by atoms with Crippen molar-refractivity contribution in [2.24, 2.45) is 5.92 Å². The zero-order chi connectivity index (χ0) is 14.6. The number of rotatable bonds is 6. The van der Waals surface area contributed by atoms with Gasteiger partial charge in [-0.2, -0.15) is 0 Å². The van der Waals surface area contributed by atoms with Crippen LogP contribution in [-0.2, 0) is 0 Å². The summed E-state index contributed by atoms with van der Waals surface area (Å²) in [5.41, 5.74) is 0.303. The molecule has 1 aromatic heterocycles. The van der Waals surface area contributed by atoms with Crippen molar-refractivity contribution in [2.75, 3.05) is 20.6 Å². The van der Waals surface area contributed by atoms with Crippen molar-refractivity contribution in [1.82, 2.24) is 10.2 Å². The smallest absolute Gasteiger partial charge is 0.120 e. The van der Waals surface area contributed by atoms with Gasteiger partial charge < -0.3 is 14.6 Å². The molecule has 1 heterocycles. The molecule has 0 bridgehead atoms. The van der Waals surface area contributed by atoms with Crippen molar-refractivity contribution in [3.05, 3.63) is 24.2 Å². The van der Waals surface area contributed by atoms with Crippen molar-refractivity contribution < 1.29 is 4.42 Å². The molecule has 1 aliphatic carbocycles. The van der Waals surface area contributed by atoms with Gasteiger partial charge in [-0.3, -0.25) is 0 Å². The molecule has 114 valence electrons. The van der Waals surface area contributed by atoms with Crippen LogP contribution < -0.4 is 5.32 Å². The highest BCUT2D eigenvalue weighted by molar-refractivity contribution is 5.05. The maximum absolute atomic E-state index is 5.56. The zero-order valence-corrected chi connectivity index (χ0v) is 13.5. The molecule has 1 saturated carbocycles. The van der Waals surface area contributed by atoms with Gasteiger partial charge in [-0.25, -0.2) is 0 Å². The fourth-order valence-electron chi connectivity index (χ4n) is 3.61. The fraction of sp³-hybridized carbons (Fsp3) is 0.765. The highest BCUT2D eigenvalue weighted by Crippen LogP contribution is 2.35. The van der Waals surface area contributed by atoms with Crippen LogP contribution in [0.5, 0.6) is 0 Å². The van der Waals surface area contributed by atoms with Crippen LogP contribution in [-0.4, -0.2) is 31.1 Å². The van der Waals surface area contributed by atoms with E-state index in [2.05, 4.69) is 44.2 Å². The highest BCUT2D eigenvalue weighted by atomic mass is 16.3. The van der Waals surface area contributed by atoms with Crippen molar-refractivity contribution in [3.8, 4) is 0 Å². The Labute approximate surface area is 123 Å². The largest absolute Gasteiger partial charge is 0.468 e. The highest BCUT2D eigenvalue weighted by Gasteiger charge is 2.37. The summed E-state index contributed by atoms with van der Waals surface area (Å²) in [6.45, 7) is 5.65. The van der Waals surface area contributed by atoms with Crippen LogP contribution in [0.1, 0.15) is 57.8 Å². The third-order valence-corrected chi connectivity index (χ3v) is 4.99. The van der Waals surface area contributed by atoms with Crippen molar-refractivity contribution in [2.45, 2.75) is 57.5 Å². The SMILES string of the molecule is CCC(NCC1(N(C)C)CCCC(C)C1)c1ccco1. The van der Waals surface area contributed by atoms with Crippen LogP contribution in [0.15, 0.2) is 22.8 Å². The van der Waals surface area contributed by atoms with Gasteiger partial charge in [0.1, 0.15) is 5.76 Å². The van der Waals surface area contributed by atoms with Crippen LogP contribution in [0.25, 0.3) is 0 Å². The first-order chi connectivity index (χ1) is 9.57. The molecule has 0 aromatic carbocycles. The second-order valence-corrected chi connectivity index (χ2v) is 6.68. The monoisotopic (exact) mass is 278 g/mol. The first-order valence-electron chi connectivity index (χ1n) is 8.01. The molecule has 1 aliphatic rings. The van der Waals surface area contributed by atoms with Crippen LogP contribution in [0.3, 0.4) is 0 Å². The normalized spacial score (nSPS) is 28.8. The van der Waals surface area contributed by atoms with Crippen LogP contribution in [0, 0.1) is 5.92 Å². The van der Waals surface area contributed by atoms with Crippen molar-refractivity contribution >= 4 is 0 Å². The van der Waals surface area contributed by atoms with E-state index in [1.54, 1.807) is 6.26 Å². The summed E-state index contributed by atoms with van der Waals surface area (Å²) in [5.74, 6) is 1.89. The fourth-order valence-corrected chi connectivity index (χ4v) is 3.61. The van der Waals surface area contributed by atoms with Crippen molar-refractivity contribution in [3.63, 3.8) is 0 Å². The number of hydrogen-bond donors (Lipinski definition) is 1. The van der Waals surface area contributed by atoms with E-state index in [9.17, 15) is 0 Å². The second kappa shape index (κ2) is 6.77. The Hall–Kier alpha value is -0.800. The van der Waals surface area contributed by atoms with Gasteiger partial charge in [0.2, 0.25) is 0 Å². The second-order valence-electron chi connectivity index (χ2n) is 6.68. The van der Waals surface area contributed by atoms with Crippen molar-refractivity contribution in [1.29, 1.82) is 0 Å². The lowest BCUT2D eigenvalue weighted by atomic mass is 9.75. The average molecular weight is 278 g/mol. The summed E-state index contributed by atoms with van der Waals surface area (Å²) in [5, 5.41) is 3.75. The Balaban J connectivity index is 2.01. The molecular weight excluding hydrogens is 248 g/mol. The van der Waals surface area contributed by atoms with Gasteiger partial charge >= 0.3 is 0 Å². The number of likely N-dealkylation sites (N-methyl/N-ethyl adjacent to an activating group) is 1. The molecule has 2 rings (SSSR count). The predicted octanol–water partition coefficient (Wildman–Crippen LogP) is 3.83. The number of nitrogens with one attached hydrogen (secondary N) is 1. The zero-order valence-electron chi connectivity index (χ0n) is 13.5. The third-order valence-electron chi connectivity index (χ3n) is 4.99. The van der Waals surface area contributed by atoms with E-state index in [0.29, 0.717) is 11.6 Å². The van der Waals surface area contributed by atoms with E-state index in [1.807, 2.05) is 6.07 Å². The summed E-state index contributed by atoms with van der Waals surface area (Å²) in [6.07, 6.45) is 8.15. The molecule has 1 N–H and O–H groups in total. The standard InChI is InChI=1S/C17H30N2O/c1-5-15(16-9-7-11-20-16)18-13-17(19(3)4)10-6-8-14(2)12-17/h7,9,11,14-15,18H,5-6,8,10,12-13H2,1-4H3. The lowest BCUT2D eigenvalue weighted by Gasteiger charge is -2.46. The van der Waals surface area contributed by atoms with Gasteiger partial charge in [0.05, 0.1) is 12.3 Å².